The minimum absolute atomic E-state index is 0.0447. The monoisotopic (exact) mass is 478 g/mol. The average molecular weight is 479 g/mol. The molecule has 1 aliphatic heterocycles. The van der Waals surface area contributed by atoms with E-state index in [0.29, 0.717) is 31.5 Å². The van der Waals surface area contributed by atoms with Gasteiger partial charge in [0.25, 0.3) is 0 Å². The molecule has 2 N–H and O–H groups in total. The Morgan fingerprint density at radius 2 is 1.88 bits per heavy atom. The summed E-state index contributed by atoms with van der Waals surface area (Å²) < 4.78 is 19.1. The van der Waals surface area contributed by atoms with E-state index in [1.165, 1.54) is 19.8 Å². The van der Waals surface area contributed by atoms with E-state index in [1.54, 1.807) is 0 Å². The number of esters is 1. The highest BCUT2D eigenvalue weighted by atomic mass is 16.6. The molecule has 5 rings (SSSR count). The molecule has 0 spiro atoms. The SMILES string of the molecule is CCCCCCO[C@@H]1[C@@H]2[C@@H](O)[C@]34CC[C@H]5[C@H]([C@H]3[C@@](C)(OC4)[C@H](OC(C)=O)[C@@]2(O)C[C@@H]1C)C5(C)C. The van der Waals surface area contributed by atoms with E-state index in [9.17, 15) is 15.0 Å². The number of carbonyl (C=O) groups is 1. The first-order valence-corrected chi connectivity index (χ1v) is 13.8. The van der Waals surface area contributed by atoms with Crippen molar-refractivity contribution in [2.45, 2.75) is 116 Å². The summed E-state index contributed by atoms with van der Waals surface area (Å²) in [5, 5.41) is 24.7. The second-order valence-corrected chi connectivity index (χ2v) is 13.2. The van der Waals surface area contributed by atoms with Gasteiger partial charge in [0, 0.05) is 30.8 Å². The first kappa shape index (κ1) is 25.0. The van der Waals surface area contributed by atoms with Crippen molar-refractivity contribution >= 4 is 5.97 Å². The van der Waals surface area contributed by atoms with Gasteiger partial charge in [-0.25, -0.2) is 0 Å². The van der Waals surface area contributed by atoms with Crippen LogP contribution >= 0.6 is 0 Å². The highest BCUT2D eigenvalue weighted by Gasteiger charge is 2.82. The summed E-state index contributed by atoms with van der Waals surface area (Å²) in [6.45, 7) is 13.5. The predicted octanol–water partition coefficient (Wildman–Crippen LogP) is 4.10. The molecule has 2 bridgehead atoms. The summed E-state index contributed by atoms with van der Waals surface area (Å²) in [5.74, 6) is 0.185. The van der Waals surface area contributed by atoms with E-state index in [-0.39, 0.29) is 23.4 Å². The first-order valence-electron chi connectivity index (χ1n) is 13.8. The summed E-state index contributed by atoms with van der Waals surface area (Å²) in [4.78, 5) is 12.4. The van der Waals surface area contributed by atoms with Crippen LogP contribution in [0.2, 0.25) is 0 Å². The number of carbonyl (C=O) groups excluding carboxylic acids is 1. The van der Waals surface area contributed by atoms with Gasteiger partial charge in [0.15, 0.2) is 6.10 Å². The van der Waals surface area contributed by atoms with Crippen LogP contribution in [0.15, 0.2) is 0 Å². The molecular weight excluding hydrogens is 432 g/mol. The van der Waals surface area contributed by atoms with Crippen molar-refractivity contribution in [3.63, 3.8) is 0 Å². The molecule has 0 amide bonds. The number of aliphatic hydroxyl groups excluding tert-OH is 1. The maximum absolute atomic E-state index is 12.4. The fourth-order valence-electron chi connectivity index (χ4n) is 9.46. The largest absolute Gasteiger partial charge is 0.456 e. The lowest BCUT2D eigenvalue weighted by Gasteiger charge is -2.46. The van der Waals surface area contributed by atoms with Crippen molar-refractivity contribution < 1.29 is 29.2 Å². The van der Waals surface area contributed by atoms with Gasteiger partial charge in [0.1, 0.15) is 11.2 Å². The second-order valence-electron chi connectivity index (χ2n) is 13.2. The Balaban J connectivity index is 1.55. The lowest BCUT2D eigenvalue weighted by atomic mass is 9.59. The van der Waals surface area contributed by atoms with Crippen LogP contribution in [0.1, 0.15) is 86.5 Å². The maximum Gasteiger partial charge on any atom is 0.303 e. The molecule has 0 aromatic heterocycles. The molecular formula is C28H46O6. The van der Waals surface area contributed by atoms with Crippen LogP contribution in [0.3, 0.4) is 0 Å². The molecule has 11 atom stereocenters. The highest BCUT2D eigenvalue weighted by molar-refractivity contribution is 5.66. The molecule has 1 saturated heterocycles. The van der Waals surface area contributed by atoms with Gasteiger partial charge in [-0.15, -0.1) is 0 Å². The zero-order chi connectivity index (χ0) is 24.7. The Labute approximate surface area is 205 Å². The first-order chi connectivity index (χ1) is 15.9. The fourth-order valence-corrected chi connectivity index (χ4v) is 9.46. The zero-order valence-corrected chi connectivity index (χ0v) is 22.0. The van der Waals surface area contributed by atoms with E-state index in [1.807, 2.05) is 6.92 Å². The topological polar surface area (TPSA) is 85.2 Å². The average Bonchev–Trinajstić information content (AvgIpc) is 3.05. The minimum atomic E-state index is -1.38. The summed E-state index contributed by atoms with van der Waals surface area (Å²) in [7, 11) is 0. The van der Waals surface area contributed by atoms with Crippen LogP contribution in [0.4, 0.5) is 0 Å². The minimum Gasteiger partial charge on any atom is -0.456 e. The van der Waals surface area contributed by atoms with Crippen LogP contribution in [0.25, 0.3) is 0 Å². The van der Waals surface area contributed by atoms with Crippen molar-refractivity contribution in [1.29, 1.82) is 0 Å². The molecule has 5 fully saturated rings. The maximum atomic E-state index is 12.4. The fraction of sp³-hybridized carbons (Fsp3) is 0.964. The second kappa shape index (κ2) is 8.16. The number of aliphatic hydroxyl groups is 2. The molecule has 1 heterocycles. The van der Waals surface area contributed by atoms with Crippen molar-refractivity contribution in [1.82, 2.24) is 0 Å². The van der Waals surface area contributed by atoms with Gasteiger partial charge in [0.2, 0.25) is 0 Å². The molecule has 0 unspecified atom stereocenters. The van der Waals surface area contributed by atoms with E-state index < -0.39 is 40.7 Å². The standard InChI is InChI=1S/C28H46O6/c1-7-8-9-10-13-32-21-16(2)14-28(31)20(21)23(30)27-12-11-18-19(25(18,4)5)22(27)26(6,33-15-27)24(28)34-17(3)29/h16,18-24,30-31H,7-15H2,1-6H3/t16-,18-,19+,20+,21-,22-,23+,24-,26+,27-,28+/m0/s1. The molecule has 5 aliphatic rings. The molecule has 0 radical (unpaired) electrons. The van der Waals surface area contributed by atoms with Crippen molar-refractivity contribution in [3.8, 4) is 0 Å². The van der Waals surface area contributed by atoms with Gasteiger partial charge >= 0.3 is 5.97 Å². The Bertz CT molecular complexity index is 813. The summed E-state index contributed by atoms with van der Waals surface area (Å²) >= 11 is 0. The number of ether oxygens (including phenoxy) is 3. The Hall–Kier alpha value is -0.690. The van der Waals surface area contributed by atoms with Crippen LogP contribution in [0, 0.1) is 40.4 Å². The van der Waals surface area contributed by atoms with Crippen LogP contribution < -0.4 is 0 Å². The van der Waals surface area contributed by atoms with E-state index >= 15 is 0 Å². The smallest absolute Gasteiger partial charge is 0.303 e. The van der Waals surface area contributed by atoms with Gasteiger partial charge in [-0.1, -0.05) is 47.0 Å². The third kappa shape index (κ3) is 3.23. The third-order valence-electron chi connectivity index (χ3n) is 10.9. The molecule has 6 heteroatoms. The lowest BCUT2D eigenvalue weighted by molar-refractivity contribution is -0.231. The van der Waals surface area contributed by atoms with Gasteiger partial charge in [-0.3, -0.25) is 4.79 Å². The number of hydrogen-bond acceptors (Lipinski definition) is 6. The Kier molecular flexibility index (Phi) is 5.99. The van der Waals surface area contributed by atoms with Gasteiger partial charge < -0.3 is 24.4 Å². The molecule has 34 heavy (non-hydrogen) atoms. The number of hydrogen-bond donors (Lipinski definition) is 2. The van der Waals surface area contributed by atoms with Crippen molar-refractivity contribution in [2.24, 2.45) is 40.4 Å². The molecule has 4 saturated carbocycles. The van der Waals surface area contributed by atoms with Gasteiger partial charge in [-0.2, -0.15) is 0 Å². The van der Waals surface area contributed by atoms with Crippen LogP contribution in [-0.4, -0.2) is 58.9 Å². The molecule has 0 aromatic rings. The van der Waals surface area contributed by atoms with E-state index in [2.05, 4.69) is 27.7 Å². The number of unbranched alkanes of at least 4 members (excludes halogenated alkanes) is 3. The lowest BCUT2D eigenvalue weighted by Crippen LogP contribution is -2.62. The Morgan fingerprint density at radius 1 is 1.15 bits per heavy atom. The third-order valence-corrected chi connectivity index (χ3v) is 10.9. The zero-order valence-electron chi connectivity index (χ0n) is 22.0. The summed E-state index contributed by atoms with van der Waals surface area (Å²) in [6, 6.07) is 0. The van der Waals surface area contributed by atoms with Crippen molar-refractivity contribution in [3.05, 3.63) is 0 Å². The molecule has 0 aromatic carbocycles. The summed E-state index contributed by atoms with van der Waals surface area (Å²) in [5.41, 5.74) is -2.48. The van der Waals surface area contributed by atoms with Gasteiger partial charge in [-0.05, 0) is 55.8 Å². The quantitative estimate of drug-likeness (QED) is 0.423. The highest BCUT2D eigenvalue weighted by Crippen LogP contribution is 2.78. The molecule has 6 nitrogen and oxygen atoms in total. The molecule has 4 aliphatic carbocycles. The molecule has 194 valence electrons. The van der Waals surface area contributed by atoms with E-state index in [0.717, 1.165) is 25.7 Å². The van der Waals surface area contributed by atoms with Crippen LogP contribution in [-0.2, 0) is 19.0 Å². The summed E-state index contributed by atoms with van der Waals surface area (Å²) in [6.07, 6.45) is 5.03. The number of rotatable bonds is 7. The Morgan fingerprint density at radius 3 is 2.56 bits per heavy atom. The van der Waals surface area contributed by atoms with Gasteiger partial charge in [0.05, 0.1) is 18.8 Å². The predicted molar refractivity (Wildman–Crippen MR) is 128 cm³/mol. The normalized spacial score (nSPS) is 52.4. The number of fused-ring (bicyclic) bond motifs is 2. The van der Waals surface area contributed by atoms with E-state index in [4.69, 9.17) is 14.2 Å². The van der Waals surface area contributed by atoms with Crippen LogP contribution in [0.5, 0.6) is 0 Å². The van der Waals surface area contributed by atoms with Crippen molar-refractivity contribution in [2.75, 3.05) is 13.2 Å².